The van der Waals surface area contributed by atoms with E-state index in [4.69, 9.17) is 4.42 Å². The Morgan fingerprint density at radius 2 is 2.20 bits per heavy atom. The molecule has 0 radical (unpaired) electrons. The minimum Gasteiger partial charge on any atom is -0.469 e. The van der Waals surface area contributed by atoms with E-state index in [1.807, 2.05) is 13.0 Å². The van der Waals surface area contributed by atoms with Gasteiger partial charge < -0.3 is 4.42 Å². The second-order valence-electron chi connectivity index (χ2n) is 3.25. The molecule has 2 nitrogen and oxygen atoms in total. The van der Waals surface area contributed by atoms with Crippen LogP contribution in [0.3, 0.4) is 0 Å². The molecule has 0 aliphatic carbocycles. The van der Waals surface area contributed by atoms with E-state index in [1.165, 1.54) is 17.6 Å². The smallest absolute Gasteiger partial charge is 0.207 e. The third-order valence-electron chi connectivity index (χ3n) is 2.12. The number of hydrogen-bond acceptors (Lipinski definition) is 3. The van der Waals surface area contributed by atoms with E-state index in [-0.39, 0.29) is 5.78 Å². The predicted molar refractivity (Wildman–Crippen MR) is 63.6 cm³/mol. The van der Waals surface area contributed by atoms with Crippen LogP contribution in [0.15, 0.2) is 27.3 Å². The first-order chi connectivity index (χ1) is 7.09. The van der Waals surface area contributed by atoms with Crippen LogP contribution in [-0.2, 0) is 0 Å². The molecule has 0 spiro atoms. The third kappa shape index (κ3) is 1.92. The molecule has 0 atom stereocenters. The van der Waals surface area contributed by atoms with E-state index in [0.717, 1.165) is 14.2 Å². The lowest BCUT2D eigenvalue weighted by molar-refractivity contribution is 0.104. The van der Waals surface area contributed by atoms with Crippen LogP contribution in [0.4, 0.5) is 0 Å². The van der Waals surface area contributed by atoms with Crippen LogP contribution in [0.25, 0.3) is 0 Å². The van der Waals surface area contributed by atoms with Gasteiger partial charge in [0.1, 0.15) is 5.76 Å². The quantitative estimate of drug-likeness (QED) is 0.782. The van der Waals surface area contributed by atoms with Crippen molar-refractivity contribution in [3.63, 3.8) is 0 Å². The van der Waals surface area contributed by atoms with Crippen molar-refractivity contribution in [3.05, 3.63) is 43.9 Å². The highest BCUT2D eigenvalue weighted by Crippen LogP contribution is 2.29. The van der Waals surface area contributed by atoms with E-state index < -0.39 is 0 Å². The van der Waals surface area contributed by atoms with Gasteiger partial charge >= 0.3 is 0 Å². The van der Waals surface area contributed by atoms with Crippen LogP contribution in [-0.4, -0.2) is 5.78 Å². The fourth-order valence-corrected chi connectivity index (χ4v) is 3.16. The fraction of sp³-hybridized carbons (Fsp3) is 0.182. The van der Waals surface area contributed by atoms with E-state index >= 15 is 0 Å². The largest absolute Gasteiger partial charge is 0.469 e. The Morgan fingerprint density at radius 1 is 1.47 bits per heavy atom. The van der Waals surface area contributed by atoms with Crippen LogP contribution >= 0.6 is 27.3 Å². The topological polar surface area (TPSA) is 30.2 Å². The van der Waals surface area contributed by atoms with Crippen LogP contribution in [0.5, 0.6) is 0 Å². The SMILES string of the molecule is Cc1cc(Br)c(C(=O)c2ccoc2C)s1. The number of halogens is 1. The fourth-order valence-electron chi connectivity index (χ4n) is 1.38. The van der Waals surface area contributed by atoms with E-state index in [0.29, 0.717) is 11.3 Å². The molecule has 0 bridgehead atoms. The lowest BCUT2D eigenvalue weighted by Crippen LogP contribution is -1.99. The number of furan rings is 1. The molecule has 0 fully saturated rings. The van der Waals surface area contributed by atoms with Gasteiger partial charge in [-0.05, 0) is 41.9 Å². The van der Waals surface area contributed by atoms with Gasteiger partial charge in [-0.2, -0.15) is 0 Å². The summed E-state index contributed by atoms with van der Waals surface area (Å²) in [5, 5.41) is 0. The molecule has 0 saturated carbocycles. The van der Waals surface area contributed by atoms with Gasteiger partial charge in [0.15, 0.2) is 0 Å². The van der Waals surface area contributed by atoms with Crippen molar-refractivity contribution < 1.29 is 9.21 Å². The molecule has 2 heterocycles. The first-order valence-electron chi connectivity index (χ1n) is 4.44. The molecule has 0 N–H and O–H groups in total. The first-order valence-corrected chi connectivity index (χ1v) is 6.05. The molecule has 15 heavy (non-hydrogen) atoms. The van der Waals surface area contributed by atoms with E-state index in [1.54, 1.807) is 13.0 Å². The lowest BCUT2D eigenvalue weighted by Gasteiger charge is -1.96. The van der Waals surface area contributed by atoms with Gasteiger partial charge in [-0.3, -0.25) is 4.79 Å². The monoisotopic (exact) mass is 284 g/mol. The molecular formula is C11H9BrO2S. The summed E-state index contributed by atoms with van der Waals surface area (Å²) in [5.74, 6) is 0.684. The maximum Gasteiger partial charge on any atom is 0.207 e. The highest BCUT2D eigenvalue weighted by molar-refractivity contribution is 9.10. The van der Waals surface area contributed by atoms with E-state index in [9.17, 15) is 4.79 Å². The molecule has 0 aliphatic rings. The Balaban J connectivity index is 2.45. The summed E-state index contributed by atoms with van der Waals surface area (Å²) in [5.41, 5.74) is 0.637. The predicted octanol–water partition coefficient (Wildman–Crippen LogP) is 3.95. The summed E-state index contributed by atoms with van der Waals surface area (Å²) in [6.07, 6.45) is 1.54. The van der Waals surface area contributed by atoms with Crippen molar-refractivity contribution >= 4 is 33.0 Å². The maximum atomic E-state index is 12.1. The second kappa shape index (κ2) is 3.94. The Morgan fingerprint density at radius 3 is 2.67 bits per heavy atom. The zero-order chi connectivity index (χ0) is 11.0. The third-order valence-corrected chi connectivity index (χ3v) is 4.06. The van der Waals surface area contributed by atoms with Gasteiger partial charge in [-0.25, -0.2) is 0 Å². The molecule has 0 aliphatic heterocycles. The normalized spacial score (nSPS) is 10.6. The van der Waals surface area contributed by atoms with Gasteiger partial charge in [0.2, 0.25) is 5.78 Å². The van der Waals surface area contributed by atoms with Crippen molar-refractivity contribution in [2.75, 3.05) is 0 Å². The Kier molecular flexibility index (Phi) is 2.80. The van der Waals surface area contributed by atoms with Crippen molar-refractivity contribution in [3.8, 4) is 0 Å². The molecule has 78 valence electrons. The number of hydrogen-bond donors (Lipinski definition) is 0. The minimum absolute atomic E-state index is 0.0197. The highest BCUT2D eigenvalue weighted by Gasteiger charge is 2.18. The molecule has 0 saturated heterocycles. The number of ketones is 1. The second-order valence-corrected chi connectivity index (χ2v) is 5.36. The van der Waals surface area contributed by atoms with Crippen LogP contribution < -0.4 is 0 Å². The molecule has 0 amide bonds. The maximum absolute atomic E-state index is 12.1. The highest BCUT2D eigenvalue weighted by atomic mass is 79.9. The Bertz CT molecular complexity index is 510. The van der Waals surface area contributed by atoms with Gasteiger partial charge in [0, 0.05) is 9.35 Å². The average Bonchev–Trinajstić information content (AvgIpc) is 2.71. The van der Waals surface area contributed by atoms with Crippen molar-refractivity contribution in [2.45, 2.75) is 13.8 Å². The van der Waals surface area contributed by atoms with Crippen LogP contribution in [0.1, 0.15) is 25.9 Å². The van der Waals surface area contributed by atoms with E-state index in [2.05, 4.69) is 15.9 Å². The van der Waals surface area contributed by atoms with Crippen LogP contribution in [0.2, 0.25) is 0 Å². The Labute approximate surface area is 100 Å². The average molecular weight is 285 g/mol. The lowest BCUT2D eigenvalue weighted by atomic mass is 10.1. The Hall–Kier alpha value is -0.870. The summed E-state index contributed by atoms with van der Waals surface area (Å²) in [4.78, 5) is 13.9. The zero-order valence-corrected chi connectivity index (χ0v) is 10.7. The van der Waals surface area contributed by atoms with Gasteiger partial charge in [0.25, 0.3) is 0 Å². The standard InChI is InChI=1S/C11H9BrO2S/c1-6-5-9(12)11(15-6)10(13)8-3-4-14-7(8)2/h3-5H,1-2H3. The molecule has 0 aromatic carbocycles. The van der Waals surface area contributed by atoms with Crippen molar-refractivity contribution in [2.24, 2.45) is 0 Å². The molecule has 2 rings (SSSR count). The summed E-state index contributed by atoms with van der Waals surface area (Å²) < 4.78 is 5.98. The number of carbonyl (C=O) groups excluding carboxylic acids is 1. The molecular weight excluding hydrogens is 276 g/mol. The number of aryl methyl sites for hydroxylation is 2. The summed E-state index contributed by atoms with van der Waals surface area (Å²) >= 11 is 4.88. The summed E-state index contributed by atoms with van der Waals surface area (Å²) in [6.45, 7) is 3.77. The van der Waals surface area contributed by atoms with Gasteiger partial charge in [-0.15, -0.1) is 11.3 Å². The zero-order valence-electron chi connectivity index (χ0n) is 8.33. The number of thiophene rings is 1. The van der Waals surface area contributed by atoms with Gasteiger partial charge in [0.05, 0.1) is 16.7 Å². The summed E-state index contributed by atoms with van der Waals surface area (Å²) in [7, 11) is 0. The van der Waals surface area contributed by atoms with Crippen LogP contribution in [0, 0.1) is 13.8 Å². The molecule has 0 unspecified atom stereocenters. The number of rotatable bonds is 2. The van der Waals surface area contributed by atoms with Gasteiger partial charge in [-0.1, -0.05) is 0 Å². The minimum atomic E-state index is 0.0197. The van der Waals surface area contributed by atoms with Crippen molar-refractivity contribution in [1.29, 1.82) is 0 Å². The van der Waals surface area contributed by atoms with Crippen molar-refractivity contribution in [1.82, 2.24) is 0 Å². The summed E-state index contributed by atoms with van der Waals surface area (Å²) in [6, 6.07) is 3.66. The first kappa shape index (κ1) is 10.6. The molecule has 4 heteroatoms. The molecule has 2 aromatic heterocycles. The molecule has 2 aromatic rings. The number of carbonyl (C=O) groups is 1.